The van der Waals surface area contributed by atoms with Gasteiger partial charge in [-0.2, -0.15) is 0 Å². The van der Waals surface area contributed by atoms with Crippen LogP contribution in [0.1, 0.15) is 36.9 Å². The van der Waals surface area contributed by atoms with E-state index in [9.17, 15) is 5.26 Å². The molecule has 1 atom stereocenters. The van der Waals surface area contributed by atoms with Crippen LogP contribution in [0.5, 0.6) is 5.75 Å². The summed E-state index contributed by atoms with van der Waals surface area (Å²) in [5.41, 5.74) is 2.84. The van der Waals surface area contributed by atoms with Crippen LogP contribution in [-0.4, -0.2) is 30.9 Å². The molecular formula is C16H20BN3O. The van der Waals surface area contributed by atoms with E-state index >= 15 is 0 Å². The standard InChI is InChI=1S/C16H20BN3O/c1-11-6-17(10-18)7-13-14(2-3-20-15(11)13)21-12-4-16(5-12)8-19-9-16/h2-3,11-12,19H,4-9H2,1H3. The van der Waals surface area contributed by atoms with Crippen LogP contribution in [0.4, 0.5) is 0 Å². The molecule has 5 heteroatoms. The highest BCUT2D eigenvalue weighted by Crippen LogP contribution is 2.46. The van der Waals surface area contributed by atoms with Crippen LogP contribution in [0.15, 0.2) is 12.3 Å². The maximum Gasteiger partial charge on any atom is 0.273 e. The predicted molar refractivity (Wildman–Crippen MR) is 81.5 cm³/mol. The topological polar surface area (TPSA) is 57.9 Å². The average molecular weight is 281 g/mol. The van der Waals surface area contributed by atoms with Gasteiger partial charge in [-0.05, 0) is 31.1 Å². The van der Waals surface area contributed by atoms with E-state index in [4.69, 9.17) is 4.74 Å². The van der Waals surface area contributed by atoms with E-state index in [1.807, 2.05) is 12.3 Å². The molecule has 1 aliphatic carbocycles. The van der Waals surface area contributed by atoms with Gasteiger partial charge in [0.05, 0.1) is 6.10 Å². The Morgan fingerprint density at radius 1 is 1.48 bits per heavy atom. The minimum absolute atomic E-state index is 0.0996. The zero-order valence-corrected chi connectivity index (χ0v) is 12.4. The number of pyridine rings is 1. The molecule has 1 saturated heterocycles. The summed E-state index contributed by atoms with van der Waals surface area (Å²) < 4.78 is 6.24. The minimum atomic E-state index is 0.0996. The Labute approximate surface area is 126 Å². The van der Waals surface area contributed by atoms with Gasteiger partial charge < -0.3 is 10.1 Å². The third-order valence-electron chi connectivity index (χ3n) is 5.40. The van der Waals surface area contributed by atoms with Gasteiger partial charge in [-0.25, -0.2) is 5.26 Å². The van der Waals surface area contributed by atoms with Crippen LogP contribution < -0.4 is 10.1 Å². The lowest BCUT2D eigenvalue weighted by molar-refractivity contribution is -0.0499. The molecule has 0 radical (unpaired) electrons. The van der Waals surface area contributed by atoms with E-state index in [0.29, 0.717) is 17.4 Å². The Hall–Kier alpha value is -1.54. The molecule has 1 N–H and O–H groups in total. The molecule has 2 aliphatic heterocycles. The quantitative estimate of drug-likeness (QED) is 0.842. The number of hydrogen-bond donors (Lipinski definition) is 1. The Kier molecular flexibility index (Phi) is 2.97. The first-order chi connectivity index (χ1) is 10.2. The van der Waals surface area contributed by atoms with Crippen LogP contribution in [-0.2, 0) is 6.32 Å². The molecule has 1 spiro atoms. The van der Waals surface area contributed by atoms with E-state index < -0.39 is 0 Å². The average Bonchev–Trinajstić information content (AvgIpc) is 2.40. The maximum absolute atomic E-state index is 9.25. The molecule has 0 aromatic carbocycles. The van der Waals surface area contributed by atoms with Crippen LogP contribution in [0.2, 0.25) is 6.32 Å². The van der Waals surface area contributed by atoms with Crippen LogP contribution in [0, 0.1) is 16.6 Å². The summed E-state index contributed by atoms with van der Waals surface area (Å²) in [6.45, 7) is 4.56. The molecule has 2 fully saturated rings. The van der Waals surface area contributed by atoms with Crippen molar-refractivity contribution in [2.75, 3.05) is 13.1 Å². The molecular weight excluding hydrogens is 261 g/mol. The fourth-order valence-electron chi connectivity index (χ4n) is 4.13. The van der Waals surface area contributed by atoms with Crippen LogP contribution in [0.3, 0.4) is 0 Å². The van der Waals surface area contributed by atoms with Gasteiger partial charge in [0.1, 0.15) is 5.75 Å². The van der Waals surface area contributed by atoms with E-state index in [2.05, 4.69) is 23.2 Å². The van der Waals surface area contributed by atoms with Crippen LogP contribution in [0.25, 0.3) is 0 Å². The van der Waals surface area contributed by atoms with Gasteiger partial charge in [0, 0.05) is 41.9 Å². The Morgan fingerprint density at radius 2 is 2.29 bits per heavy atom. The number of nitrogens with one attached hydrogen (secondary N) is 1. The summed E-state index contributed by atoms with van der Waals surface area (Å²) in [7, 11) is 0. The molecule has 108 valence electrons. The molecule has 21 heavy (non-hydrogen) atoms. The summed E-state index contributed by atoms with van der Waals surface area (Å²) in [6, 6.07) is 1.98. The lowest BCUT2D eigenvalue weighted by Crippen LogP contribution is -2.62. The number of nitriles is 1. The van der Waals surface area contributed by atoms with Crippen molar-refractivity contribution >= 4 is 6.71 Å². The van der Waals surface area contributed by atoms with Gasteiger partial charge in [-0.3, -0.25) is 4.98 Å². The fraction of sp³-hybridized carbons (Fsp3) is 0.625. The summed E-state index contributed by atoms with van der Waals surface area (Å²) >= 11 is 0. The van der Waals surface area contributed by atoms with Crippen molar-refractivity contribution in [2.45, 2.75) is 44.4 Å². The molecule has 4 rings (SSSR count). The molecule has 3 heterocycles. The van der Waals surface area contributed by atoms with E-state index in [1.54, 1.807) is 0 Å². The van der Waals surface area contributed by atoms with Gasteiger partial charge in [-0.1, -0.05) is 13.2 Å². The van der Waals surface area contributed by atoms with Gasteiger partial charge in [0.2, 0.25) is 0 Å². The second-order valence-electron chi connectivity index (χ2n) is 7.09. The molecule has 1 unspecified atom stereocenters. The van der Waals surface area contributed by atoms with Crippen molar-refractivity contribution in [3.05, 3.63) is 23.5 Å². The first kappa shape index (κ1) is 13.2. The second-order valence-corrected chi connectivity index (χ2v) is 7.09. The summed E-state index contributed by atoms with van der Waals surface area (Å²) in [4.78, 5) is 4.54. The molecule has 0 bridgehead atoms. The lowest BCUT2D eigenvalue weighted by Gasteiger charge is -2.53. The van der Waals surface area contributed by atoms with Gasteiger partial charge in [-0.15, -0.1) is 0 Å². The Balaban J connectivity index is 1.53. The monoisotopic (exact) mass is 281 g/mol. The first-order valence-electron chi connectivity index (χ1n) is 7.94. The predicted octanol–water partition coefficient (Wildman–Crippen LogP) is 1.97. The second kappa shape index (κ2) is 4.74. The zero-order valence-electron chi connectivity index (χ0n) is 12.4. The highest BCUT2D eigenvalue weighted by atomic mass is 16.5. The van der Waals surface area contributed by atoms with Crippen molar-refractivity contribution in [1.29, 1.82) is 5.26 Å². The number of nitrogens with zero attached hydrogens (tertiary/aromatic N) is 2. The molecule has 3 aliphatic rings. The molecule has 0 amide bonds. The molecule has 1 aromatic rings. The number of fused-ring (bicyclic) bond motifs is 1. The maximum atomic E-state index is 9.25. The number of ether oxygens (including phenoxy) is 1. The third-order valence-corrected chi connectivity index (χ3v) is 5.40. The van der Waals surface area contributed by atoms with Crippen molar-refractivity contribution in [2.24, 2.45) is 5.41 Å². The SMILES string of the molecule is CC1CB(C#N)Cc2c(OC3CC4(CNC4)C3)ccnc21. The first-order valence-corrected chi connectivity index (χ1v) is 7.94. The van der Waals surface area contributed by atoms with E-state index in [-0.39, 0.29) is 6.71 Å². The largest absolute Gasteiger partial charge is 0.490 e. The van der Waals surface area contributed by atoms with Crippen LogP contribution >= 0.6 is 0 Å². The fourth-order valence-corrected chi connectivity index (χ4v) is 4.13. The van der Waals surface area contributed by atoms with Crippen molar-refractivity contribution in [3.8, 4) is 11.7 Å². The van der Waals surface area contributed by atoms with Crippen molar-refractivity contribution in [1.82, 2.24) is 10.3 Å². The van der Waals surface area contributed by atoms with E-state index in [1.165, 1.54) is 5.56 Å². The summed E-state index contributed by atoms with van der Waals surface area (Å²) in [6.07, 6.45) is 6.23. The zero-order chi connectivity index (χ0) is 14.4. The van der Waals surface area contributed by atoms with Crippen molar-refractivity contribution < 1.29 is 4.74 Å². The molecule has 1 aromatic heterocycles. The highest BCUT2D eigenvalue weighted by molar-refractivity contribution is 6.66. The smallest absolute Gasteiger partial charge is 0.273 e. The number of hydrogen-bond acceptors (Lipinski definition) is 4. The van der Waals surface area contributed by atoms with Gasteiger partial charge in [0.15, 0.2) is 0 Å². The number of aromatic nitrogens is 1. The Bertz CT molecular complexity index is 600. The third kappa shape index (κ3) is 2.13. The summed E-state index contributed by atoms with van der Waals surface area (Å²) in [5, 5.41) is 12.6. The normalized spacial score (nSPS) is 26.5. The minimum Gasteiger partial charge on any atom is -0.490 e. The Morgan fingerprint density at radius 3 is 2.95 bits per heavy atom. The lowest BCUT2D eigenvalue weighted by atomic mass is 9.40. The highest BCUT2D eigenvalue weighted by Gasteiger charge is 2.49. The molecule has 4 nitrogen and oxygen atoms in total. The van der Waals surface area contributed by atoms with Crippen molar-refractivity contribution in [3.63, 3.8) is 0 Å². The summed E-state index contributed by atoms with van der Waals surface area (Å²) in [5.74, 6) is 3.75. The molecule has 1 saturated carbocycles. The van der Waals surface area contributed by atoms with Gasteiger partial charge >= 0.3 is 0 Å². The number of rotatable bonds is 2. The van der Waals surface area contributed by atoms with Gasteiger partial charge in [0.25, 0.3) is 6.71 Å². The van der Waals surface area contributed by atoms with E-state index in [0.717, 1.165) is 50.0 Å².